The van der Waals surface area contributed by atoms with Crippen molar-refractivity contribution in [1.82, 2.24) is 0 Å². The van der Waals surface area contributed by atoms with E-state index in [1.165, 1.54) is 12.1 Å². The SMILES string of the molecule is CCN(C(=O)[C@@H](N)Cc1ccccc1)c1ccc(F)cc1. The summed E-state index contributed by atoms with van der Waals surface area (Å²) in [6.45, 7) is 2.36. The molecule has 0 heterocycles. The molecule has 0 saturated carbocycles. The number of hydrogen-bond acceptors (Lipinski definition) is 2. The Morgan fingerprint density at radius 2 is 1.76 bits per heavy atom. The van der Waals surface area contributed by atoms with E-state index in [0.717, 1.165) is 5.56 Å². The normalized spacial score (nSPS) is 12.0. The predicted octanol–water partition coefficient (Wildman–Crippen LogP) is 2.75. The first-order valence-corrected chi connectivity index (χ1v) is 6.98. The third-order valence-corrected chi connectivity index (χ3v) is 3.34. The number of anilines is 1. The van der Waals surface area contributed by atoms with Gasteiger partial charge in [0.25, 0.3) is 0 Å². The van der Waals surface area contributed by atoms with Crippen LogP contribution in [0.1, 0.15) is 12.5 Å². The summed E-state index contributed by atoms with van der Waals surface area (Å²) < 4.78 is 13.0. The molecule has 1 atom stereocenters. The fourth-order valence-corrected chi connectivity index (χ4v) is 2.24. The van der Waals surface area contributed by atoms with Gasteiger partial charge in [-0.15, -0.1) is 0 Å². The Morgan fingerprint density at radius 1 is 1.14 bits per heavy atom. The first-order chi connectivity index (χ1) is 10.1. The first-order valence-electron chi connectivity index (χ1n) is 6.98. The molecule has 0 unspecified atom stereocenters. The van der Waals surface area contributed by atoms with Crippen molar-refractivity contribution < 1.29 is 9.18 Å². The summed E-state index contributed by atoms with van der Waals surface area (Å²) in [6, 6.07) is 14.9. The van der Waals surface area contributed by atoms with Crippen LogP contribution in [0.4, 0.5) is 10.1 Å². The minimum atomic E-state index is -0.614. The molecule has 110 valence electrons. The molecule has 0 bridgehead atoms. The van der Waals surface area contributed by atoms with E-state index in [9.17, 15) is 9.18 Å². The minimum Gasteiger partial charge on any atom is -0.320 e. The second-order valence-corrected chi connectivity index (χ2v) is 4.86. The van der Waals surface area contributed by atoms with Crippen LogP contribution in [0.5, 0.6) is 0 Å². The Morgan fingerprint density at radius 3 is 2.33 bits per heavy atom. The van der Waals surface area contributed by atoms with E-state index in [0.29, 0.717) is 18.7 Å². The number of halogens is 1. The van der Waals surface area contributed by atoms with E-state index in [2.05, 4.69) is 0 Å². The Labute approximate surface area is 124 Å². The van der Waals surface area contributed by atoms with Gasteiger partial charge < -0.3 is 10.6 Å². The average molecular weight is 286 g/mol. The maximum atomic E-state index is 13.0. The smallest absolute Gasteiger partial charge is 0.244 e. The molecule has 1 amide bonds. The Balaban J connectivity index is 2.10. The molecule has 3 nitrogen and oxygen atoms in total. The molecule has 0 aliphatic rings. The molecule has 2 rings (SSSR count). The van der Waals surface area contributed by atoms with E-state index in [1.54, 1.807) is 17.0 Å². The highest BCUT2D eigenvalue weighted by Crippen LogP contribution is 2.16. The number of carbonyl (C=O) groups is 1. The molecule has 0 saturated heterocycles. The monoisotopic (exact) mass is 286 g/mol. The molecule has 0 aliphatic heterocycles. The third kappa shape index (κ3) is 3.89. The summed E-state index contributed by atoms with van der Waals surface area (Å²) >= 11 is 0. The number of likely N-dealkylation sites (N-methyl/N-ethyl adjacent to an activating group) is 1. The lowest BCUT2D eigenvalue weighted by atomic mass is 10.1. The van der Waals surface area contributed by atoms with E-state index in [1.807, 2.05) is 37.3 Å². The highest BCUT2D eigenvalue weighted by atomic mass is 19.1. The maximum absolute atomic E-state index is 13.0. The zero-order valence-electron chi connectivity index (χ0n) is 12.0. The van der Waals surface area contributed by atoms with Gasteiger partial charge in [-0.25, -0.2) is 4.39 Å². The second kappa shape index (κ2) is 6.99. The van der Waals surface area contributed by atoms with Crippen molar-refractivity contribution in [1.29, 1.82) is 0 Å². The zero-order valence-corrected chi connectivity index (χ0v) is 12.0. The summed E-state index contributed by atoms with van der Waals surface area (Å²) in [5.74, 6) is -0.483. The molecule has 4 heteroatoms. The summed E-state index contributed by atoms with van der Waals surface area (Å²) in [5, 5.41) is 0. The van der Waals surface area contributed by atoms with Crippen molar-refractivity contribution >= 4 is 11.6 Å². The number of carbonyl (C=O) groups excluding carboxylic acids is 1. The highest BCUT2D eigenvalue weighted by Gasteiger charge is 2.21. The molecule has 0 aromatic heterocycles. The zero-order chi connectivity index (χ0) is 15.2. The minimum absolute atomic E-state index is 0.159. The third-order valence-electron chi connectivity index (χ3n) is 3.34. The predicted molar refractivity (Wildman–Crippen MR) is 82.5 cm³/mol. The van der Waals surface area contributed by atoms with Crippen LogP contribution >= 0.6 is 0 Å². The Bertz CT molecular complexity index is 583. The highest BCUT2D eigenvalue weighted by molar-refractivity contribution is 5.97. The van der Waals surface area contributed by atoms with Crippen molar-refractivity contribution in [3.8, 4) is 0 Å². The quantitative estimate of drug-likeness (QED) is 0.918. The largest absolute Gasteiger partial charge is 0.320 e. The van der Waals surface area contributed by atoms with Crippen LogP contribution in [0.3, 0.4) is 0 Å². The number of rotatable bonds is 5. The number of hydrogen-bond donors (Lipinski definition) is 1. The van der Waals surface area contributed by atoms with Gasteiger partial charge >= 0.3 is 0 Å². The summed E-state index contributed by atoms with van der Waals surface area (Å²) in [6.07, 6.45) is 0.484. The molecule has 21 heavy (non-hydrogen) atoms. The fraction of sp³-hybridized carbons (Fsp3) is 0.235. The fourth-order valence-electron chi connectivity index (χ4n) is 2.24. The molecule has 0 spiro atoms. The van der Waals surface area contributed by atoms with Crippen molar-refractivity contribution in [3.63, 3.8) is 0 Å². The molecular formula is C17H19FN2O. The van der Waals surface area contributed by atoms with E-state index < -0.39 is 6.04 Å². The number of nitrogens with zero attached hydrogens (tertiary/aromatic N) is 1. The van der Waals surface area contributed by atoms with Crippen LogP contribution < -0.4 is 10.6 Å². The van der Waals surface area contributed by atoms with Crippen LogP contribution in [0, 0.1) is 5.82 Å². The lowest BCUT2D eigenvalue weighted by Gasteiger charge is -2.24. The average Bonchev–Trinajstić information content (AvgIpc) is 2.50. The van der Waals surface area contributed by atoms with Crippen LogP contribution in [0.15, 0.2) is 54.6 Å². The van der Waals surface area contributed by atoms with Gasteiger partial charge in [-0.2, -0.15) is 0 Å². The number of amides is 1. The molecule has 0 radical (unpaired) electrons. The topological polar surface area (TPSA) is 46.3 Å². The van der Waals surface area contributed by atoms with Gasteiger partial charge in [-0.1, -0.05) is 30.3 Å². The van der Waals surface area contributed by atoms with Crippen molar-refractivity contribution in [2.75, 3.05) is 11.4 Å². The lowest BCUT2D eigenvalue weighted by molar-refractivity contribution is -0.119. The van der Waals surface area contributed by atoms with Gasteiger partial charge in [0.15, 0.2) is 0 Å². The second-order valence-electron chi connectivity index (χ2n) is 4.86. The maximum Gasteiger partial charge on any atom is 0.244 e. The molecule has 2 aromatic rings. The van der Waals surface area contributed by atoms with Crippen molar-refractivity contribution in [2.24, 2.45) is 5.73 Å². The van der Waals surface area contributed by atoms with E-state index in [4.69, 9.17) is 5.73 Å². The van der Waals surface area contributed by atoms with Crippen LogP contribution in [-0.4, -0.2) is 18.5 Å². The molecule has 0 aliphatic carbocycles. The van der Waals surface area contributed by atoms with Crippen molar-refractivity contribution in [2.45, 2.75) is 19.4 Å². The van der Waals surface area contributed by atoms with Gasteiger partial charge in [0, 0.05) is 12.2 Å². The first kappa shape index (κ1) is 15.2. The molecular weight excluding hydrogens is 267 g/mol. The number of benzene rings is 2. The number of nitrogens with two attached hydrogens (primary N) is 1. The van der Waals surface area contributed by atoms with E-state index in [-0.39, 0.29) is 11.7 Å². The van der Waals surface area contributed by atoms with Gasteiger partial charge in [-0.3, -0.25) is 4.79 Å². The van der Waals surface area contributed by atoms with Crippen molar-refractivity contribution in [3.05, 3.63) is 66.0 Å². The molecule has 2 aromatic carbocycles. The Kier molecular flexibility index (Phi) is 5.06. The summed E-state index contributed by atoms with van der Waals surface area (Å²) in [5.41, 5.74) is 7.71. The van der Waals surface area contributed by atoms with Gasteiger partial charge in [0.2, 0.25) is 5.91 Å². The van der Waals surface area contributed by atoms with Crippen LogP contribution in [0.25, 0.3) is 0 Å². The van der Waals surface area contributed by atoms with Gasteiger partial charge in [0.1, 0.15) is 5.82 Å². The summed E-state index contributed by atoms with van der Waals surface area (Å²) in [7, 11) is 0. The van der Waals surface area contributed by atoms with Crippen LogP contribution in [-0.2, 0) is 11.2 Å². The van der Waals surface area contributed by atoms with Gasteiger partial charge in [0.05, 0.1) is 6.04 Å². The Hall–Kier alpha value is -2.20. The van der Waals surface area contributed by atoms with Crippen LogP contribution in [0.2, 0.25) is 0 Å². The standard InChI is InChI=1S/C17H19FN2O/c1-2-20(15-10-8-14(18)9-11-15)17(21)16(19)12-13-6-4-3-5-7-13/h3-11,16H,2,12,19H2,1H3/t16-/m0/s1. The van der Waals surface area contributed by atoms with Gasteiger partial charge in [-0.05, 0) is 43.2 Å². The molecule has 2 N–H and O–H groups in total. The summed E-state index contributed by atoms with van der Waals surface area (Å²) in [4.78, 5) is 14.0. The van der Waals surface area contributed by atoms with E-state index >= 15 is 0 Å². The lowest BCUT2D eigenvalue weighted by Crippen LogP contribution is -2.45. The molecule has 0 fully saturated rings.